The quantitative estimate of drug-likeness (QED) is 0.877. The standard InChI is InChI=1S/C15H21N5O2/c1-2-20-8-7-16-14(20)13(11-4-9-22-10-5-11)18-15(21)12-3-6-17-19-12/h3,6-8,11,13H,2,4-5,9-10H2,1H3,(H,17,19)(H,18,21)/t13-/m0/s1. The molecule has 0 saturated carbocycles. The number of H-pyrrole nitrogens is 1. The molecule has 0 bridgehead atoms. The molecular formula is C15H21N5O2. The fourth-order valence-electron chi connectivity index (χ4n) is 2.91. The van der Waals surface area contributed by atoms with E-state index in [0.29, 0.717) is 11.6 Å². The van der Waals surface area contributed by atoms with Crippen LogP contribution in [-0.4, -0.2) is 38.9 Å². The summed E-state index contributed by atoms with van der Waals surface area (Å²) in [7, 11) is 0. The van der Waals surface area contributed by atoms with E-state index in [0.717, 1.165) is 38.4 Å². The number of rotatable bonds is 5. The molecule has 0 aliphatic carbocycles. The molecule has 2 aromatic heterocycles. The van der Waals surface area contributed by atoms with Crippen LogP contribution in [0.3, 0.4) is 0 Å². The highest BCUT2D eigenvalue weighted by Crippen LogP contribution is 2.29. The summed E-state index contributed by atoms with van der Waals surface area (Å²) in [6.07, 6.45) is 7.15. The predicted octanol–water partition coefficient (Wildman–Crippen LogP) is 1.52. The minimum atomic E-state index is -0.153. The van der Waals surface area contributed by atoms with Gasteiger partial charge < -0.3 is 14.6 Å². The van der Waals surface area contributed by atoms with Crippen LogP contribution in [0.1, 0.15) is 42.1 Å². The Bertz CT molecular complexity index is 601. The van der Waals surface area contributed by atoms with Gasteiger partial charge in [-0.15, -0.1) is 0 Å². The Labute approximate surface area is 129 Å². The average Bonchev–Trinajstić information content (AvgIpc) is 3.24. The number of imidazole rings is 1. The Balaban J connectivity index is 1.84. The Morgan fingerprint density at radius 1 is 1.50 bits per heavy atom. The third-order valence-corrected chi connectivity index (χ3v) is 4.14. The van der Waals surface area contributed by atoms with E-state index in [2.05, 4.69) is 32.0 Å². The SMILES string of the molecule is CCn1ccnc1[C@@H](NC(=O)c1ccn[nH]1)C1CCOCC1. The van der Waals surface area contributed by atoms with Crippen LogP contribution in [0.4, 0.5) is 0 Å². The van der Waals surface area contributed by atoms with Gasteiger partial charge in [-0.1, -0.05) is 0 Å². The second kappa shape index (κ2) is 6.74. The van der Waals surface area contributed by atoms with Crippen molar-refractivity contribution in [3.8, 4) is 0 Å². The lowest BCUT2D eigenvalue weighted by Crippen LogP contribution is -2.37. The Kier molecular flexibility index (Phi) is 4.53. The zero-order valence-electron chi connectivity index (χ0n) is 12.7. The molecule has 118 valence electrons. The molecule has 3 heterocycles. The van der Waals surface area contributed by atoms with Crippen molar-refractivity contribution in [3.05, 3.63) is 36.2 Å². The van der Waals surface area contributed by atoms with Crippen LogP contribution in [0, 0.1) is 5.92 Å². The van der Waals surface area contributed by atoms with Crippen LogP contribution < -0.4 is 5.32 Å². The van der Waals surface area contributed by atoms with Gasteiger partial charge in [0, 0.05) is 38.3 Å². The normalized spacial score (nSPS) is 17.3. The maximum Gasteiger partial charge on any atom is 0.269 e. The summed E-state index contributed by atoms with van der Waals surface area (Å²) >= 11 is 0. The lowest BCUT2D eigenvalue weighted by Gasteiger charge is -2.30. The first-order chi connectivity index (χ1) is 10.8. The van der Waals surface area contributed by atoms with Gasteiger partial charge in [-0.3, -0.25) is 9.89 Å². The van der Waals surface area contributed by atoms with E-state index in [1.54, 1.807) is 18.5 Å². The number of hydrogen-bond donors (Lipinski definition) is 2. The number of aryl methyl sites for hydroxylation is 1. The molecule has 3 rings (SSSR count). The van der Waals surface area contributed by atoms with Crippen LogP contribution in [-0.2, 0) is 11.3 Å². The maximum atomic E-state index is 12.4. The van der Waals surface area contributed by atoms with Gasteiger partial charge in [-0.05, 0) is 31.7 Å². The molecular weight excluding hydrogens is 282 g/mol. The van der Waals surface area contributed by atoms with E-state index in [1.807, 2.05) is 6.20 Å². The van der Waals surface area contributed by atoms with Crippen molar-refractivity contribution in [3.63, 3.8) is 0 Å². The van der Waals surface area contributed by atoms with Crippen LogP contribution in [0.2, 0.25) is 0 Å². The molecule has 1 saturated heterocycles. The first-order valence-corrected chi connectivity index (χ1v) is 7.68. The minimum absolute atomic E-state index is 0.116. The zero-order valence-corrected chi connectivity index (χ0v) is 12.7. The van der Waals surface area contributed by atoms with Gasteiger partial charge in [-0.25, -0.2) is 4.98 Å². The van der Waals surface area contributed by atoms with E-state index >= 15 is 0 Å². The Morgan fingerprint density at radius 3 is 3.00 bits per heavy atom. The highest BCUT2D eigenvalue weighted by molar-refractivity contribution is 5.92. The fourth-order valence-corrected chi connectivity index (χ4v) is 2.91. The van der Waals surface area contributed by atoms with Crippen molar-refractivity contribution >= 4 is 5.91 Å². The van der Waals surface area contributed by atoms with Gasteiger partial charge in [0.2, 0.25) is 0 Å². The number of nitrogens with zero attached hydrogens (tertiary/aromatic N) is 3. The van der Waals surface area contributed by atoms with Crippen molar-refractivity contribution in [2.24, 2.45) is 5.92 Å². The molecule has 1 atom stereocenters. The molecule has 22 heavy (non-hydrogen) atoms. The lowest BCUT2D eigenvalue weighted by atomic mass is 9.91. The summed E-state index contributed by atoms with van der Waals surface area (Å²) in [5.41, 5.74) is 0.465. The summed E-state index contributed by atoms with van der Waals surface area (Å²) in [6.45, 7) is 4.36. The molecule has 1 aliphatic heterocycles. The number of carbonyl (C=O) groups is 1. The molecule has 0 aromatic carbocycles. The number of carbonyl (C=O) groups excluding carboxylic acids is 1. The largest absolute Gasteiger partial charge is 0.381 e. The first-order valence-electron chi connectivity index (χ1n) is 7.68. The second-order valence-corrected chi connectivity index (χ2v) is 5.44. The van der Waals surface area contributed by atoms with Crippen molar-refractivity contribution in [2.45, 2.75) is 32.4 Å². The van der Waals surface area contributed by atoms with Crippen LogP contribution >= 0.6 is 0 Å². The third-order valence-electron chi connectivity index (χ3n) is 4.14. The Hall–Kier alpha value is -2.15. The number of nitrogens with one attached hydrogen (secondary N) is 2. The summed E-state index contributed by atoms with van der Waals surface area (Å²) in [4.78, 5) is 16.9. The van der Waals surface area contributed by atoms with E-state index < -0.39 is 0 Å². The van der Waals surface area contributed by atoms with Crippen molar-refractivity contribution < 1.29 is 9.53 Å². The van der Waals surface area contributed by atoms with E-state index in [1.165, 1.54) is 0 Å². The highest BCUT2D eigenvalue weighted by atomic mass is 16.5. The van der Waals surface area contributed by atoms with Crippen LogP contribution in [0.25, 0.3) is 0 Å². The molecule has 1 aliphatic rings. The summed E-state index contributed by atoms with van der Waals surface area (Å²) in [5.74, 6) is 1.08. The first kappa shape index (κ1) is 14.8. The number of hydrogen-bond acceptors (Lipinski definition) is 4. The van der Waals surface area contributed by atoms with Gasteiger partial charge in [0.05, 0.1) is 6.04 Å². The van der Waals surface area contributed by atoms with E-state index in [9.17, 15) is 4.79 Å². The number of amides is 1. The minimum Gasteiger partial charge on any atom is -0.381 e. The molecule has 0 spiro atoms. The monoisotopic (exact) mass is 303 g/mol. The number of ether oxygens (including phenoxy) is 1. The van der Waals surface area contributed by atoms with Crippen molar-refractivity contribution in [1.82, 2.24) is 25.1 Å². The molecule has 0 radical (unpaired) electrons. The predicted molar refractivity (Wildman–Crippen MR) is 80.2 cm³/mol. The van der Waals surface area contributed by atoms with Gasteiger partial charge in [0.1, 0.15) is 11.5 Å². The van der Waals surface area contributed by atoms with Crippen LogP contribution in [0.5, 0.6) is 0 Å². The molecule has 7 nitrogen and oxygen atoms in total. The van der Waals surface area contributed by atoms with Gasteiger partial charge in [-0.2, -0.15) is 5.10 Å². The molecule has 7 heteroatoms. The topological polar surface area (TPSA) is 84.8 Å². The molecule has 1 amide bonds. The lowest BCUT2D eigenvalue weighted by molar-refractivity contribution is 0.0497. The number of aromatic amines is 1. The van der Waals surface area contributed by atoms with Crippen LogP contribution in [0.15, 0.2) is 24.7 Å². The maximum absolute atomic E-state index is 12.4. The summed E-state index contributed by atoms with van der Waals surface area (Å²) in [6, 6.07) is 1.55. The molecule has 2 N–H and O–H groups in total. The van der Waals surface area contributed by atoms with E-state index in [4.69, 9.17) is 4.74 Å². The molecule has 2 aromatic rings. The smallest absolute Gasteiger partial charge is 0.269 e. The zero-order chi connectivity index (χ0) is 15.4. The van der Waals surface area contributed by atoms with Gasteiger partial charge in [0.15, 0.2) is 0 Å². The molecule has 1 fully saturated rings. The van der Waals surface area contributed by atoms with Crippen molar-refractivity contribution in [1.29, 1.82) is 0 Å². The summed E-state index contributed by atoms with van der Waals surface area (Å²) < 4.78 is 7.52. The van der Waals surface area contributed by atoms with Crippen molar-refractivity contribution in [2.75, 3.05) is 13.2 Å². The fraction of sp³-hybridized carbons (Fsp3) is 0.533. The second-order valence-electron chi connectivity index (χ2n) is 5.44. The number of aromatic nitrogens is 4. The third kappa shape index (κ3) is 3.04. The van der Waals surface area contributed by atoms with E-state index in [-0.39, 0.29) is 11.9 Å². The average molecular weight is 303 g/mol. The summed E-state index contributed by atoms with van der Waals surface area (Å²) in [5, 5.41) is 9.66. The van der Waals surface area contributed by atoms with Gasteiger partial charge in [0.25, 0.3) is 5.91 Å². The molecule has 0 unspecified atom stereocenters. The van der Waals surface area contributed by atoms with Gasteiger partial charge >= 0.3 is 0 Å². The highest BCUT2D eigenvalue weighted by Gasteiger charge is 2.30. The Morgan fingerprint density at radius 2 is 2.32 bits per heavy atom.